The highest BCUT2D eigenvalue weighted by molar-refractivity contribution is 7.98. The van der Waals surface area contributed by atoms with Crippen molar-refractivity contribution < 1.29 is 14.3 Å². The van der Waals surface area contributed by atoms with Crippen LogP contribution in [0, 0.1) is 6.92 Å². The van der Waals surface area contributed by atoms with Gasteiger partial charge in [0.05, 0.1) is 6.10 Å². The highest BCUT2D eigenvalue weighted by Crippen LogP contribution is 2.20. The van der Waals surface area contributed by atoms with Gasteiger partial charge < -0.3 is 15.4 Å². The van der Waals surface area contributed by atoms with Gasteiger partial charge in [-0.2, -0.15) is 0 Å². The van der Waals surface area contributed by atoms with Crippen molar-refractivity contribution >= 4 is 29.3 Å². The molecule has 0 aliphatic carbocycles. The molecule has 0 radical (unpaired) electrons. The van der Waals surface area contributed by atoms with Crippen molar-refractivity contribution in [1.82, 2.24) is 5.32 Å². The van der Waals surface area contributed by atoms with E-state index in [1.165, 1.54) is 0 Å². The van der Waals surface area contributed by atoms with Crippen LogP contribution in [0.1, 0.15) is 17.2 Å². The second kappa shape index (κ2) is 9.25. The Morgan fingerprint density at radius 2 is 1.88 bits per heavy atom. The van der Waals surface area contributed by atoms with Gasteiger partial charge in [-0.1, -0.05) is 30.3 Å². The fourth-order valence-electron chi connectivity index (χ4n) is 2.42. The largest absolute Gasteiger partial charge is 0.375 e. The number of nitrogens with one attached hydrogen (secondary N) is 2. The third-order valence-electron chi connectivity index (χ3n) is 3.80. The monoisotopic (exact) mass is 358 g/mol. The third kappa shape index (κ3) is 5.34. The molecule has 2 amide bonds. The minimum Gasteiger partial charge on any atom is -0.375 e. The number of thioether (sulfide) groups is 1. The average molecular weight is 358 g/mol. The Balaban J connectivity index is 1.94. The fraction of sp³-hybridized carbons (Fsp3) is 0.263. The van der Waals surface area contributed by atoms with Crippen LogP contribution < -0.4 is 10.6 Å². The van der Waals surface area contributed by atoms with E-state index in [4.69, 9.17) is 4.74 Å². The van der Waals surface area contributed by atoms with Crippen LogP contribution in [0.3, 0.4) is 0 Å². The molecular weight excluding hydrogens is 336 g/mol. The molecule has 0 heterocycles. The minimum absolute atomic E-state index is 0.221. The average Bonchev–Trinajstić information content (AvgIpc) is 2.63. The second-order valence-electron chi connectivity index (χ2n) is 5.48. The van der Waals surface area contributed by atoms with Crippen molar-refractivity contribution in [1.29, 1.82) is 0 Å². The van der Waals surface area contributed by atoms with Crippen LogP contribution in [0.4, 0.5) is 5.69 Å². The van der Waals surface area contributed by atoms with E-state index in [1.807, 2.05) is 55.6 Å². The highest BCUT2D eigenvalue weighted by atomic mass is 32.2. The number of hydrogen-bond donors (Lipinski definition) is 2. The lowest BCUT2D eigenvalue weighted by molar-refractivity contribution is -0.136. The van der Waals surface area contributed by atoms with Crippen LogP contribution in [0.25, 0.3) is 0 Å². The summed E-state index contributed by atoms with van der Waals surface area (Å²) >= 11 is 1.57. The molecule has 0 spiro atoms. The number of methoxy groups -OCH3 is 1. The van der Waals surface area contributed by atoms with E-state index in [1.54, 1.807) is 24.9 Å². The van der Waals surface area contributed by atoms with Crippen molar-refractivity contribution in [3.8, 4) is 0 Å². The Morgan fingerprint density at radius 3 is 2.56 bits per heavy atom. The molecule has 2 aromatic rings. The summed E-state index contributed by atoms with van der Waals surface area (Å²) in [4.78, 5) is 25.1. The maximum absolute atomic E-state index is 12.1. The predicted molar refractivity (Wildman–Crippen MR) is 101 cm³/mol. The molecule has 0 saturated carbocycles. The second-order valence-corrected chi connectivity index (χ2v) is 6.36. The first-order valence-electron chi connectivity index (χ1n) is 7.86. The number of aryl methyl sites for hydroxylation is 1. The van der Waals surface area contributed by atoms with Crippen LogP contribution >= 0.6 is 11.8 Å². The first kappa shape index (κ1) is 19.0. The summed E-state index contributed by atoms with van der Waals surface area (Å²) in [6.45, 7) is 2.20. The maximum Gasteiger partial charge on any atom is 0.313 e. The fourth-order valence-corrected chi connectivity index (χ4v) is 2.88. The molecular formula is C19H22N2O3S. The first-order chi connectivity index (χ1) is 12.0. The van der Waals surface area contributed by atoms with E-state index < -0.39 is 11.8 Å². The number of carbonyl (C=O) groups excluding carboxylic acids is 2. The lowest BCUT2D eigenvalue weighted by Crippen LogP contribution is -2.38. The van der Waals surface area contributed by atoms with Gasteiger partial charge in [0, 0.05) is 24.2 Å². The molecule has 5 nitrogen and oxygen atoms in total. The van der Waals surface area contributed by atoms with Crippen molar-refractivity contribution in [2.24, 2.45) is 0 Å². The number of anilines is 1. The summed E-state index contributed by atoms with van der Waals surface area (Å²) in [6.07, 6.45) is 1.64. The number of rotatable bonds is 6. The van der Waals surface area contributed by atoms with Gasteiger partial charge in [0.25, 0.3) is 0 Å². The number of amides is 2. The van der Waals surface area contributed by atoms with Gasteiger partial charge >= 0.3 is 11.8 Å². The zero-order chi connectivity index (χ0) is 18.2. The zero-order valence-electron chi connectivity index (χ0n) is 14.5. The summed E-state index contributed by atoms with van der Waals surface area (Å²) in [5.41, 5.74) is 2.65. The SMILES string of the molecule is COC(CNC(=O)C(=O)Nc1cccc(SC)c1)c1ccccc1C. The highest BCUT2D eigenvalue weighted by Gasteiger charge is 2.18. The Bertz CT molecular complexity index is 749. The zero-order valence-corrected chi connectivity index (χ0v) is 15.4. The number of ether oxygens (including phenoxy) is 1. The van der Waals surface area contributed by atoms with Crippen LogP contribution in [-0.4, -0.2) is 31.7 Å². The third-order valence-corrected chi connectivity index (χ3v) is 4.53. The standard InChI is InChI=1S/C19H22N2O3S/c1-13-7-4-5-10-16(13)17(24-2)12-20-18(22)19(23)21-14-8-6-9-15(11-14)25-3/h4-11,17H,12H2,1-3H3,(H,20,22)(H,21,23). The number of carbonyl (C=O) groups is 2. The molecule has 1 unspecified atom stereocenters. The van der Waals surface area contributed by atoms with Crippen molar-refractivity contribution in [2.75, 3.05) is 25.2 Å². The van der Waals surface area contributed by atoms with Crippen molar-refractivity contribution in [3.05, 3.63) is 59.7 Å². The lowest BCUT2D eigenvalue weighted by atomic mass is 10.0. The maximum atomic E-state index is 12.1. The van der Waals surface area contributed by atoms with Gasteiger partial charge in [-0.15, -0.1) is 11.8 Å². The molecule has 25 heavy (non-hydrogen) atoms. The molecule has 2 aromatic carbocycles. The van der Waals surface area contributed by atoms with Gasteiger partial charge in [0.1, 0.15) is 0 Å². The summed E-state index contributed by atoms with van der Waals surface area (Å²) in [6, 6.07) is 15.1. The first-order valence-corrected chi connectivity index (χ1v) is 9.09. The molecule has 1 atom stereocenters. The Hall–Kier alpha value is -2.31. The van der Waals surface area contributed by atoms with Crippen LogP contribution in [0.2, 0.25) is 0 Å². The van der Waals surface area contributed by atoms with Gasteiger partial charge in [-0.25, -0.2) is 0 Å². The van der Waals surface area contributed by atoms with Gasteiger partial charge in [-0.3, -0.25) is 9.59 Å². The summed E-state index contributed by atoms with van der Waals surface area (Å²) in [7, 11) is 1.58. The molecule has 2 N–H and O–H groups in total. The van der Waals surface area contributed by atoms with E-state index in [2.05, 4.69) is 10.6 Å². The van der Waals surface area contributed by atoms with Gasteiger partial charge in [0.2, 0.25) is 0 Å². The number of hydrogen-bond acceptors (Lipinski definition) is 4. The predicted octanol–water partition coefficient (Wildman–Crippen LogP) is 3.16. The Labute approximate surface area is 152 Å². The van der Waals surface area contributed by atoms with Crippen molar-refractivity contribution in [3.63, 3.8) is 0 Å². The number of benzene rings is 2. The van der Waals surface area contributed by atoms with E-state index in [9.17, 15) is 9.59 Å². The van der Waals surface area contributed by atoms with E-state index >= 15 is 0 Å². The summed E-state index contributed by atoms with van der Waals surface area (Å²) < 4.78 is 5.45. The topological polar surface area (TPSA) is 67.4 Å². The molecule has 0 aliphatic rings. The quantitative estimate of drug-likeness (QED) is 0.615. The van der Waals surface area contributed by atoms with Crippen LogP contribution in [0.15, 0.2) is 53.4 Å². The van der Waals surface area contributed by atoms with E-state index in [0.717, 1.165) is 16.0 Å². The van der Waals surface area contributed by atoms with E-state index in [-0.39, 0.29) is 12.6 Å². The molecule has 0 aromatic heterocycles. The van der Waals surface area contributed by atoms with Crippen LogP contribution in [-0.2, 0) is 14.3 Å². The van der Waals surface area contributed by atoms with Gasteiger partial charge in [0.15, 0.2) is 0 Å². The smallest absolute Gasteiger partial charge is 0.313 e. The lowest BCUT2D eigenvalue weighted by Gasteiger charge is -2.18. The molecule has 2 rings (SSSR count). The Kier molecular flexibility index (Phi) is 7.03. The van der Waals surface area contributed by atoms with Crippen LogP contribution in [0.5, 0.6) is 0 Å². The molecule has 0 bridgehead atoms. The molecule has 0 fully saturated rings. The van der Waals surface area contributed by atoms with E-state index in [0.29, 0.717) is 5.69 Å². The normalized spacial score (nSPS) is 11.6. The Morgan fingerprint density at radius 1 is 1.12 bits per heavy atom. The minimum atomic E-state index is -0.696. The van der Waals surface area contributed by atoms with Gasteiger partial charge in [-0.05, 0) is 42.5 Å². The molecule has 6 heteroatoms. The molecule has 132 valence electrons. The molecule has 0 aliphatic heterocycles. The molecule has 0 saturated heterocycles. The summed E-state index contributed by atoms with van der Waals surface area (Å²) in [5.74, 6) is -1.39. The van der Waals surface area contributed by atoms with Crippen molar-refractivity contribution in [2.45, 2.75) is 17.9 Å². The summed E-state index contributed by atoms with van der Waals surface area (Å²) in [5, 5.41) is 5.23.